The molecule has 0 heterocycles. The standard InChI is InChI=1S/C18H22N2O4S.ClH/c1-24-15(12-19)11-18(21)20-17-10-6-5-7-14(17)13-25(22,23)16-8-3-2-4-9-16;/h2-10,15H,11-13,19H2,1H3,(H,20,21);1H. The molecule has 0 bridgehead atoms. The first-order chi connectivity index (χ1) is 12.0. The molecule has 0 aliphatic heterocycles. The second-order valence-electron chi connectivity index (χ2n) is 5.57. The molecular weight excluding hydrogens is 376 g/mol. The molecule has 0 spiro atoms. The zero-order chi connectivity index (χ0) is 18.3. The van der Waals surface area contributed by atoms with E-state index in [9.17, 15) is 13.2 Å². The van der Waals surface area contributed by atoms with E-state index in [1.807, 2.05) is 0 Å². The van der Waals surface area contributed by atoms with Crippen molar-refractivity contribution in [1.82, 2.24) is 0 Å². The molecule has 0 aromatic heterocycles. The molecule has 6 nitrogen and oxygen atoms in total. The van der Waals surface area contributed by atoms with Crippen LogP contribution in [0.5, 0.6) is 0 Å². The van der Waals surface area contributed by atoms with Crippen LogP contribution in [0.4, 0.5) is 5.69 Å². The molecule has 0 aliphatic carbocycles. The number of amides is 1. The molecule has 2 aromatic carbocycles. The lowest BCUT2D eigenvalue weighted by Crippen LogP contribution is -2.28. The highest BCUT2D eigenvalue weighted by Gasteiger charge is 2.18. The summed E-state index contributed by atoms with van der Waals surface area (Å²) in [4.78, 5) is 12.4. The van der Waals surface area contributed by atoms with E-state index in [1.54, 1.807) is 54.6 Å². The Bertz CT molecular complexity index is 809. The van der Waals surface area contributed by atoms with Crippen LogP contribution in [0.3, 0.4) is 0 Å². The second-order valence-corrected chi connectivity index (χ2v) is 7.56. The van der Waals surface area contributed by atoms with Crippen LogP contribution in [0, 0.1) is 0 Å². The lowest BCUT2D eigenvalue weighted by Gasteiger charge is -2.15. The predicted molar refractivity (Wildman–Crippen MR) is 104 cm³/mol. The molecule has 2 rings (SSSR count). The number of halogens is 1. The fourth-order valence-corrected chi connectivity index (χ4v) is 3.75. The van der Waals surface area contributed by atoms with Crippen LogP contribution in [0.1, 0.15) is 12.0 Å². The number of nitrogens with two attached hydrogens (primary N) is 1. The van der Waals surface area contributed by atoms with Gasteiger partial charge in [-0.2, -0.15) is 0 Å². The van der Waals surface area contributed by atoms with Gasteiger partial charge in [0.05, 0.1) is 23.2 Å². The van der Waals surface area contributed by atoms with Gasteiger partial charge in [0, 0.05) is 19.3 Å². The van der Waals surface area contributed by atoms with Gasteiger partial charge in [0.25, 0.3) is 0 Å². The van der Waals surface area contributed by atoms with Crippen molar-refractivity contribution in [1.29, 1.82) is 0 Å². The summed E-state index contributed by atoms with van der Waals surface area (Å²) in [6, 6.07) is 15.1. The van der Waals surface area contributed by atoms with E-state index in [-0.39, 0.29) is 48.0 Å². The van der Waals surface area contributed by atoms with Crippen molar-refractivity contribution in [3.63, 3.8) is 0 Å². The molecule has 0 fully saturated rings. The Kier molecular flexibility index (Phi) is 8.74. The minimum Gasteiger partial charge on any atom is -0.380 e. The number of anilines is 1. The Morgan fingerprint density at radius 1 is 1.12 bits per heavy atom. The number of nitrogens with one attached hydrogen (secondary N) is 1. The first-order valence-corrected chi connectivity index (χ1v) is 9.50. The number of hydrogen-bond donors (Lipinski definition) is 2. The van der Waals surface area contributed by atoms with Crippen LogP contribution in [-0.4, -0.2) is 34.1 Å². The quantitative estimate of drug-likeness (QED) is 0.711. The minimum absolute atomic E-state index is 0. The average molecular weight is 399 g/mol. The molecule has 26 heavy (non-hydrogen) atoms. The summed E-state index contributed by atoms with van der Waals surface area (Å²) in [6.45, 7) is 0.230. The van der Waals surface area contributed by atoms with Crippen LogP contribution in [-0.2, 0) is 25.1 Å². The summed E-state index contributed by atoms with van der Waals surface area (Å²) in [5.41, 5.74) is 6.52. The van der Waals surface area contributed by atoms with Gasteiger partial charge in [-0.05, 0) is 23.8 Å². The third kappa shape index (κ3) is 6.10. The lowest BCUT2D eigenvalue weighted by molar-refractivity contribution is -0.118. The van der Waals surface area contributed by atoms with Gasteiger partial charge in [0.15, 0.2) is 9.84 Å². The maximum Gasteiger partial charge on any atom is 0.227 e. The van der Waals surface area contributed by atoms with Crippen molar-refractivity contribution in [2.24, 2.45) is 5.73 Å². The molecule has 0 radical (unpaired) electrons. The monoisotopic (exact) mass is 398 g/mol. The Hall–Kier alpha value is -1.93. The fraction of sp³-hybridized carbons (Fsp3) is 0.278. The summed E-state index contributed by atoms with van der Waals surface area (Å²) in [5.74, 6) is -0.472. The average Bonchev–Trinajstić information content (AvgIpc) is 2.62. The number of ether oxygens (including phenoxy) is 1. The van der Waals surface area contributed by atoms with Gasteiger partial charge in [-0.25, -0.2) is 8.42 Å². The maximum atomic E-state index is 12.6. The molecule has 1 unspecified atom stereocenters. The number of carbonyl (C=O) groups excluding carboxylic acids is 1. The highest BCUT2D eigenvalue weighted by atomic mass is 35.5. The van der Waals surface area contributed by atoms with Crippen molar-refractivity contribution in [3.05, 3.63) is 60.2 Å². The zero-order valence-electron chi connectivity index (χ0n) is 14.4. The Labute approximate surface area is 160 Å². The van der Waals surface area contributed by atoms with E-state index in [0.717, 1.165) is 0 Å². The van der Waals surface area contributed by atoms with Crippen molar-refractivity contribution in [3.8, 4) is 0 Å². The van der Waals surface area contributed by atoms with Gasteiger partial charge in [-0.3, -0.25) is 4.79 Å². The molecule has 0 aliphatic rings. The number of benzene rings is 2. The van der Waals surface area contributed by atoms with Crippen molar-refractivity contribution in [2.75, 3.05) is 19.0 Å². The number of sulfone groups is 1. The summed E-state index contributed by atoms with van der Waals surface area (Å²) in [5, 5.41) is 2.74. The molecule has 3 N–H and O–H groups in total. The first-order valence-electron chi connectivity index (χ1n) is 7.84. The third-order valence-corrected chi connectivity index (χ3v) is 5.43. The maximum absolute atomic E-state index is 12.6. The normalized spacial score (nSPS) is 12.1. The first kappa shape index (κ1) is 22.1. The SMILES string of the molecule is COC(CN)CC(=O)Nc1ccccc1CS(=O)(=O)c1ccccc1.Cl. The number of rotatable bonds is 8. The van der Waals surface area contributed by atoms with Gasteiger partial charge in [-0.15, -0.1) is 12.4 Å². The summed E-state index contributed by atoms with van der Waals surface area (Å²) in [7, 11) is -2.01. The molecule has 0 saturated carbocycles. The van der Waals surface area contributed by atoms with E-state index < -0.39 is 9.84 Å². The van der Waals surface area contributed by atoms with Gasteiger partial charge >= 0.3 is 0 Å². The highest BCUT2D eigenvalue weighted by molar-refractivity contribution is 7.90. The summed E-state index contributed by atoms with van der Waals surface area (Å²) < 4.78 is 30.2. The van der Waals surface area contributed by atoms with Crippen LogP contribution in [0.25, 0.3) is 0 Å². The Morgan fingerprint density at radius 2 is 1.73 bits per heavy atom. The number of hydrogen-bond acceptors (Lipinski definition) is 5. The lowest BCUT2D eigenvalue weighted by atomic mass is 10.2. The van der Waals surface area contributed by atoms with E-state index in [1.165, 1.54) is 7.11 Å². The second kappa shape index (κ2) is 10.3. The number of carbonyl (C=O) groups is 1. The number of para-hydroxylation sites is 1. The van der Waals surface area contributed by atoms with Gasteiger partial charge in [0.2, 0.25) is 5.91 Å². The van der Waals surface area contributed by atoms with Crippen LogP contribution < -0.4 is 11.1 Å². The van der Waals surface area contributed by atoms with Crippen molar-refractivity contribution >= 4 is 33.8 Å². The molecule has 1 atom stereocenters. The molecule has 142 valence electrons. The Morgan fingerprint density at radius 3 is 2.35 bits per heavy atom. The van der Waals surface area contributed by atoms with Crippen LogP contribution in [0.15, 0.2) is 59.5 Å². The molecule has 1 amide bonds. The molecule has 2 aromatic rings. The van der Waals surface area contributed by atoms with E-state index in [4.69, 9.17) is 10.5 Å². The van der Waals surface area contributed by atoms with Crippen molar-refractivity contribution in [2.45, 2.75) is 23.2 Å². The number of methoxy groups -OCH3 is 1. The third-order valence-electron chi connectivity index (χ3n) is 3.75. The van der Waals surface area contributed by atoms with Gasteiger partial charge < -0.3 is 15.8 Å². The minimum atomic E-state index is -3.50. The fourth-order valence-electron chi connectivity index (χ4n) is 2.35. The molecular formula is C18H23ClN2O4S. The predicted octanol–water partition coefficient (Wildman–Crippen LogP) is 2.38. The van der Waals surface area contributed by atoms with Crippen LogP contribution >= 0.6 is 12.4 Å². The summed E-state index contributed by atoms with van der Waals surface area (Å²) >= 11 is 0. The van der Waals surface area contributed by atoms with Gasteiger partial charge in [0.1, 0.15) is 0 Å². The van der Waals surface area contributed by atoms with Gasteiger partial charge in [-0.1, -0.05) is 36.4 Å². The smallest absolute Gasteiger partial charge is 0.227 e. The largest absolute Gasteiger partial charge is 0.380 e. The van der Waals surface area contributed by atoms with E-state index >= 15 is 0 Å². The molecule has 0 saturated heterocycles. The Balaban J connectivity index is 0.00000338. The highest BCUT2D eigenvalue weighted by Crippen LogP contribution is 2.22. The zero-order valence-corrected chi connectivity index (χ0v) is 16.1. The molecule has 8 heteroatoms. The van der Waals surface area contributed by atoms with E-state index in [2.05, 4.69) is 5.32 Å². The topological polar surface area (TPSA) is 98.5 Å². The van der Waals surface area contributed by atoms with E-state index in [0.29, 0.717) is 11.3 Å². The van der Waals surface area contributed by atoms with Crippen LogP contribution in [0.2, 0.25) is 0 Å². The van der Waals surface area contributed by atoms with Crippen molar-refractivity contribution < 1.29 is 17.9 Å². The summed E-state index contributed by atoms with van der Waals surface area (Å²) in [6.07, 6.45) is -0.271.